The van der Waals surface area contributed by atoms with Crippen LogP contribution in [0.15, 0.2) is 77.7 Å². The number of nitrogens with zero attached hydrogens (tertiary/aromatic N) is 1. The smallest absolute Gasteiger partial charge is 0.235 e. The van der Waals surface area contributed by atoms with E-state index in [0.717, 1.165) is 18.4 Å². The fourth-order valence-electron chi connectivity index (χ4n) is 2.98. The van der Waals surface area contributed by atoms with E-state index in [2.05, 4.69) is 13.8 Å². The molecule has 0 unspecified atom stereocenters. The minimum Gasteiger partial charge on any atom is -0.235 e. The lowest BCUT2D eigenvalue weighted by atomic mass is 10.1. The van der Waals surface area contributed by atoms with Crippen molar-refractivity contribution in [1.29, 1.82) is 0 Å². The first kappa shape index (κ1) is 19.2. The molecular formula is C23H25NO2S. The van der Waals surface area contributed by atoms with Gasteiger partial charge in [0.05, 0.1) is 16.3 Å². The van der Waals surface area contributed by atoms with E-state index in [9.17, 15) is 8.42 Å². The molecule has 0 spiro atoms. The van der Waals surface area contributed by atoms with Crippen LogP contribution in [0.2, 0.25) is 0 Å². The molecular weight excluding hydrogens is 354 g/mol. The zero-order valence-electron chi connectivity index (χ0n) is 16.0. The number of aryl methyl sites for hydroxylation is 3. The Morgan fingerprint density at radius 3 is 1.44 bits per heavy atom. The maximum atomic E-state index is 13.5. The first-order valence-corrected chi connectivity index (χ1v) is 10.7. The highest BCUT2D eigenvalue weighted by Crippen LogP contribution is 2.33. The largest absolute Gasteiger partial charge is 0.268 e. The molecule has 3 aromatic rings. The van der Waals surface area contributed by atoms with E-state index in [1.54, 1.807) is 12.1 Å². The Morgan fingerprint density at radius 1 is 0.667 bits per heavy atom. The molecule has 0 N–H and O–H groups in total. The number of hydrogen-bond donors (Lipinski definition) is 0. The number of anilines is 2. The van der Waals surface area contributed by atoms with E-state index in [1.807, 2.05) is 67.6 Å². The van der Waals surface area contributed by atoms with E-state index in [0.29, 0.717) is 11.4 Å². The Hall–Kier alpha value is -2.59. The SMILES string of the molecule is CCc1ccc(N(c2ccc(CC)cc2)S(=O)(=O)c2ccc(C)cc2)cc1. The fraction of sp³-hybridized carbons (Fsp3) is 0.217. The Labute approximate surface area is 162 Å². The Morgan fingerprint density at radius 2 is 1.07 bits per heavy atom. The zero-order chi connectivity index (χ0) is 19.4. The van der Waals surface area contributed by atoms with Crippen molar-refractivity contribution in [2.24, 2.45) is 0 Å². The standard InChI is InChI=1S/C23H25NO2S/c1-4-19-8-12-21(13-9-19)24(22-14-10-20(5-2)11-15-22)27(25,26)23-16-6-18(3)7-17-23/h6-17H,4-5H2,1-3H3. The van der Waals surface area contributed by atoms with Gasteiger partial charge in [-0.25, -0.2) is 12.7 Å². The number of sulfonamides is 1. The van der Waals surface area contributed by atoms with Crippen LogP contribution in [0.3, 0.4) is 0 Å². The predicted molar refractivity (Wildman–Crippen MR) is 112 cm³/mol. The Balaban J connectivity index is 2.14. The van der Waals surface area contributed by atoms with E-state index in [4.69, 9.17) is 0 Å². The molecule has 0 fully saturated rings. The van der Waals surface area contributed by atoms with Crippen molar-refractivity contribution in [2.45, 2.75) is 38.5 Å². The lowest BCUT2D eigenvalue weighted by Crippen LogP contribution is -2.26. The van der Waals surface area contributed by atoms with Gasteiger partial charge >= 0.3 is 0 Å². The van der Waals surface area contributed by atoms with Gasteiger partial charge in [0.1, 0.15) is 0 Å². The first-order chi connectivity index (χ1) is 13.0. The number of rotatable bonds is 6. The molecule has 3 nitrogen and oxygen atoms in total. The van der Waals surface area contributed by atoms with Gasteiger partial charge in [-0.1, -0.05) is 55.8 Å². The van der Waals surface area contributed by atoms with Gasteiger partial charge < -0.3 is 0 Å². The molecule has 0 saturated heterocycles. The van der Waals surface area contributed by atoms with Crippen molar-refractivity contribution in [2.75, 3.05) is 4.31 Å². The molecule has 0 aliphatic rings. The molecule has 0 heterocycles. The molecule has 3 aromatic carbocycles. The summed E-state index contributed by atoms with van der Waals surface area (Å²) in [5, 5.41) is 0. The van der Waals surface area contributed by atoms with Crippen molar-refractivity contribution in [3.05, 3.63) is 89.5 Å². The molecule has 0 aliphatic heterocycles. The molecule has 0 aromatic heterocycles. The van der Waals surface area contributed by atoms with Crippen LogP contribution in [0.25, 0.3) is 0 Å². The van der Waals surface area contributed by atoms with Gasteiger partial charge in [0.25, 0.3) is 10.0 Å². The monoisotopic (exact) mass is 379 g/mol. The number of benzene rings is 3. The average Bonchev–Trinajstić information content (AvgIpc) is 2.69. The van der Waals surface area contributed by atoms with Crippen molar-refractivity contribution in [1.82, 2.24) is 0 Å². The van der Waals surface area contributed by atoms with Crippen molar-refractivity contribution in [3.8, 4) is 0 Å². The van der Waals surface area contributed by atoms with Gasteiger partial charge in [0.2, 0.25) is 0 Å². The molecule has 4 heteroatoms. The quantitative estimate of drug-likeness (QED) is 0.555. The van der Waals surface area contributed by atoms with E-state index in [-0.39, 0.29) is 4.90 Å². The summed E-state index contributed by atoms with van der Waals surface area (Å²) in [7, 11) is -3.73. The van der Waals surface area contributed by atoms with E-state index in [1.165, 1.54) is 15.4 Å². The van der Waals surface area contributed by atoms with Gasteiger partial charge in [0.15, 0.2) is 0 Å². The highest BCUT2D eigenvalue weighted by Gasteiger charge is 2.26. The topological polar surface area (TPSA) is 37.4 Å². The van der Waals surface area contributed by atoms with Crippen LogP contribution in [-0.4, -0.2) is 8.42 Å². The fourth-order valence-corrected chi connectivity index (χ4v) is 4.47. The summed E-state index contributed by atoms with van der Waals surface area (Å²) in [5.41, 5.74) is 4.65. The number of hydrogen-bond acceptors (Lipinski definition) is 2. The van der Waals surface area contributed by atoms with Crippen LogP contribution in [0.4, 0.5) is 11.4 Å². The summed E-state index contributed by atoms with van der Waals surface area (Å²) in [4.78, 5) is 0.284. The van der Waals surface area contributed by atoms with Crippen LogP contribution in [0, 0.1) is 6.92 Å². The summed E-state index contributed by atoms with van der Waals surface area (Å²) in [6, 6.07) is 22.4. The van der Waals surface area contributed by atoms with Crippen LogP contribution < -0.4 is 4.31 Å². The zero-order valence-corrected chi connectivity index (χ0v) is 16.8. The summed E-state index contributed by atoms with van der Waals surface area (Å²) < 4.78 is 28.4. The van der Waals surface area contributed by atoms with Gasteiger partial charge in [-0.2, -0.15) is 0 Å². The molecule has 0 bridgehead atoms. The molecule has 140 valence electrons. The summed E-state index contributed by atoms with van der Waals surface area (Å²) in [6.45, 7) is 6.11. The summed E-state index contributed by atoms with van der Waals surface area (Å²) in [5.74, 6) is 0. The maximum Gasteiger partial charge on any atom is 0.268 e. The molecule has 0 radical (unpaired) electrons. The average molecular weight is 380 g/mol. The van der Waals surface area contributed by atoms with E-state index >= 15 is 0 Å². The summed E-state index contributed by atoms with van der Waals surface area (Å²) >= 11 is 0. The van der Waals surface area contributed by atoms with Gasteiger partial charge in [-0.05, 0) is 67.3 Å². The highest BCUT2D eigenvalue weighted by molar-refractivity contribution is 7.93. The van der Waals surface area contributed by atoms with Crippen molar-refractivity contribution in [3.63, 3.8) is 0 Å². The van der Waals surface area contributed by atoms with Crippen molar-refractivity contribution < 1.29 is 8.42 Å². The normalized spacial score (nSPS) is 11.4. The maximum absolute atomic E-state index is 13.5. The van der Waals surface area contributed by atoms with Gasteiger partial charge in [-0.15, -0.1) is 0 Å². The van der Waals surface area contributed by atoms with E-state index < -0.39 is 10.0 Å². The second-order valence-electron chi connectivity index (χ2n) is 6.62. The third-order valence-corrected chi connectivity index (χ3v) is 6.49. The Bertz CT molecular complexity index is 942. The third-order valence-electron chi connectivity index (χ3n) is 4.72. The Kier molecular flexibility index (Phi) is 5.66. The van der Waals surface area contributed by atoms with Gasteiger partial charge in [-0.3, -0.25) is 0 Å². The lowest BCUT2D eigenvalue weighted by Gasteiger charge is -2.25. The van der Waals surface area contributed by atoms with Crippen LogP contribution in [0.1, 0.15) is 30.5 Å². The van der Waals surface area contributed by atoms with Crippen molar-refractivity contribution >= 4 is 21.4 Å². The summed E-state index contributed by atoms with van der Waals surface area (Å²) in [6.07, 6.45) is 1.83. The first-order valence-electron chi connectivity index (χ1n) is 9.25. The second-order valence-corrected chi connectivity index (χ2v) is 8.41. The molecule has 0 aliphatic carbocycles. The molecule has 0 atom stereocenters. The molecule has 27 heavy (non-hydrogen) atoms. The highest BCUT2D eigenvalue weighted by atomic mass is 32.2. The molecule has 0 amide bonds. The minimum atomic E-state index is -3.73. The molecule has 3 rings (SSSR count). The van der Waals surface area contributed by atoms with Crippen LogP contribution in [-0.2, 0) is 22.9 Å². The second kappa shape index (κ2) is 7.97. The molecule has 0 saturated carbocycles. The third kappa shape index (κ3) is 4.06. The minimum absolute atomic E-state index is 0.284. The predicted octanol–water partition coefficient (Wildman–Crippen LogP) is 5.65. The lowest BCUT2D eigenvalue weighted by molar-refractivity contribution is 0.596. The van der Waals surface area contributed by atoms with Crippen LogP contribution >= 0.6 is 0 Å². The van der Waals surface area contributed by atoms with Gasteiger partial charge in [0, 0.05) is 0 Å². The van der Waals surface area contributed by atoms with Crippen LogP contribution in [0.5, 0.6) is 0 Å².